The van der Waals surface area contributed by atoms with Crippen LogP contribution in [0.5, 0.6) is 11.5 Å². The fourth-order valence-electron chi connectivity index (χ4n) is 4.25. The minimum absolute atomic E-state index is 0.0698. The minimum atomic E-state index is -0.0698. The van der Waals surface area contributed by atoms with Crippen LogP contribution in [-0.4, -0.2) is 57.4 Å². The Bertz CT molecular complexity index is 1300. The van der Waals surface area contributed by atoms with Gasteiger partial charge >= 0.3 is 0 Å². The first-order valence-electron chi connectivity index (χ1n) is 10.6. The molecule has 1 aliphatic heterocycles. The molecule has 1 aliphatic rings. The van der Waals surface area contributed by atoms with Gasteiger partial charge in [0.05, 0.1) is 36.6 Å². The molecule has 2 aromatic heterocycles. The van der Waals surface area contributed by atoms with Crippen LogP contribution >= 0.6 is 0 Å². The summed E-state index contributed by atoms with van der Waals surface area (Å²) in [5.74, 6) is 0.895. The number of amides is 1. The second-order valence-electron chi connectivity index (χ2n) is 8.06. The highest BCUT2D eigenvalue weighted by Gasteiger charge is 2.33. The topological polar surface area (TPSA) is 85.3 Å². The number of aromatic nitrogens is 4. The van der Waals surface area contributed by atoms with Crippen LogP contribution in [-0.2, 0) is 0 Å². The van der Waals surface area contributed by atoms with Gasteiger partial charge < -0.3 is 14.4 Å². The first-order chi connectivity index (χ1) is 15.5. The van der Waals surface area contributed by atoms with Gasteiger partial charge in [-0.05, 0) is 38.0 Å². The highest BCUT2D eigenvalue weighted by atomic mass is 16.5. The molecule has 1 atom stereocenters. The number of methoxy groups -OCH3 is 2. The molecule has 1 fully saturated rings. The van der Waals surface area contributed by atoms with E-state index in [4.69, 9.17) is 9.47 Å². The Morgan fingerprint density at radius 1 is 1.16 bits per heavy atom. The third-order valence-corrected chi connectivity index (χ3v) is 6.25. The van der Waals surface area contributed by atoms with Crippen LogP contribution in [0.25, 0.3) is 27.8 Å². The summed E-state index contributed by atoms with van der Waals surface area (Å²) >= 11 is 0. The fraction of sp³-hybridized carbons (Fsp3) is 0.292. The Labute approximate surface area is 185 Å². The monoisotopic (exact) mass is 431 g/mol. The highest BCUT2D eigenvalue weighted by Crippen LogP contribution is 2.36. The zero-order chi connectivity index (χ0) is 22.4. The van der Waals surface area contributed by atoms with Crippen molar-refractivity contribution in [2.24, 2.45) is 0 Å². The van der Waals surface area contributed by atoms with E-state index in [9.17, 15) is 4.79 Å². The van der Waals surface area contributed by atoms with Crippen LogP contribution in [0.1, 0.15) is 29.4 Å². The van der Waals surface area contributed by atoms with Gasteiger partial charge in [0.2, 0.25) is 0 Å². The van der Waals surface area contributed by atoms with Gasteiger partial charge in [0.1, 0.15) is 23.4 Å². The molecule has 1 saturated heterocycles. The van der Waals surface area contributed by atoms with Crippen molar-refractivity contribution in [3.63, 3.8) is 0 Å². The number of aryl methyl sites for hydroxylation is 1. The van der Waals surface area contributed by atoms with E-state index in [1.54, 1.807) is 20.5 Å². The molecule has 0 radical (unpaired) electrons. The highest BCUT2D eigenvalue weighted by molar-refractivity contribution is 6.01. The molecule has 5 rings (SSSR count). The number of H-pyrrole nitrogens is 1. The summed E-state index contributed by atoms with van der Waals surface area (Å²) in [6.45, 7) is 4.77. The lowest BCUT2D eigenvalue weighted by Crippen LogP contribution is -2.49. The Kier molecular flexibility index (Phi) is 4.84. The first kappa shape index (κ1) is 20.1. The van der Waals surface area contributed by atoms with Gasteiger partial charge in [-0.2, -0.15) is 5.10 Å². The van der Waals surface area contributed by atoms with Crippen molar-refractivity contribution in [2.45, 2.75) is 26.3 Å². The zero-order valence-corrected chi connectivity index (χ0v) is 18.5. The van der Waals surface area contributed by atoms with Gasteiger partial charge in [-0.1, -0.05) is 6.07 Å². The number of rotatable bonds is 5. The van der Waals surface area contributed by atoms with Gasteiger partial charge in [0.15, 0.2) is 0 Å². The number of nitrogens with zero attached hydrogens (tertiary/aromatic N) is 4. The largest absolute Gasteiger partial charge is 0.496 e. The van der Waals surface area contributed by atoms with Crippen LogP contribution in [0.3, 0.4) is 0 Å². The summed E-state index contributed by atoms with van der Waals surface area (Å²) < 4.78 is 13.2. The Hall–Kier alpha value is -3.81. The van der Waals surface area contributed by atoms with Crippen LogP contribution in [0, 0.1) is 6.92 Å². The molecule has 3 heterocycles. The van der Waals surface area contributed by atoms with Crippen LogP contribution in [0.15, 0.2) is 42.9 Å². The number of likely N-dealkylation sites (tertiary alicyclic amines) is 1. The second-order valence-corrected chi connectivity index (χ2v) is 8.06. The first-order valence-corrected chi connectivity index (χ1v) is 10.6. The van der Waals surface area contributed by atoms with Gasteiger partial charge in [0, 0.05) is 36.5 Å². The summed E-state index contributed by atoms with van der Waals surface area (Å²) in [4.78, 5) is 19.6. The third kappa shape index (κ3) is 3.10. The molecule has 1 amide bonds. The molecule has 8 nitrogen and oxygen atoms in total. The standard InChI is InChI=1S/C24H25N5O3/c1-14-7-8-28(14)24(30)23-21(31-3)10-17(11-22(23)32-4)29-13-25-19-9-16(5-6-20(19)29)18-12-26-27-15(18)2/h5-6,9-14H,7-8H2,1-4H3,(H,26,27). The van der Waals surface area contributed by atoms with Crippen LogP contribution in [0.2, 0.25) is 0 Å². The fourth-order valence-corrected chi connectivity index (χ4v) is 4.25. The van der Waals surface area contributed by atoms with E-state index in [2.05, 4.69) is 21.2 Å². The number of hydrogen-bond donors (Lipinski definition) is 1. The number of benzene rings is 2. The van der Waals surface area contributed by atoms with Crippen molar-refractivity contribution < 1.29 is 14.3 Å². The summed E-state index contributed by atoms with van der Waals surface area (Å²) in [5.41, 5.74) is 6.09. The number of fused-ring (bicyclic) bond motifs is 1. The maximum Gasteiger partial charge on any atom is 0.261 e. The van der Waals surface area contributed by atoms with Crippen molar-refractivity contribution in [1.29, 1.82) is 0 Å². The maximum atomic E-state index is 13.1. The Morgan fingerprint density at radius 2 is 1.91 bits per heavy atom. The number of ether oxygens (including phenoxy) is 2. The molecule has 164 valence electrons. The van der Waals surface area contributed by atoms with Gasteiger partial charge in [0.25, 0.3) is 5.91 Å². The lowest BCUT2D eigenvalue weighted by atomic mass is 10.0. The quantitative estimate of drug-likeness (QED) is 0.517. The number of hydrogen-bond acceptors (Lipinski definition) is 5. The normalized spacial score (nSPS) is 15.6. The smallest absolute Gasteiger partial charge is 0.261 e. The molecule has 0 aliphatic carbocycles. The lowest BCUT2D eigenvalue weighted by molar-refractivity contribution is 0.0495. The molecule has 0 saturated carbocycles. The number of nitrogens with one attached hydrogen (secondary N) is 1. The molecule has 8 heteroatoms. The van der Waals surface area contributed by atoms with E-state index in [0.717, 1.165) is 46.5 Å². The van der Waals surface area contributed by atoms with Crippen molar-refractivity contribution in [1.82, 2.24) is 24.6 Å². The number of carbonyl (C=O) groups is 1. The SMILES string of the molecule is COc1cc(-n2cnc3cc(-c4c[nH]nc4C)ccc32)cc(OC)c1C(=O)N1CCC1C. The van der Waals surface area contributed by atoms with E-state index < -0.39 is 0 Å². The maximum absolute atomic E-state index is 13.1. The molecule has 1 N–H and O–H groups in total. The predicted octanol–water partition coefficient (Wildman–Crippen LogP) is 3.98. The number of carbonyl (C=O) groups excluding carboxylic acids is 1. The van der Waals surface area contributed by atoms with E-state index in [0.29, 0.717) is 17.1 Å². The van der Waals surface area contributed by atoms with Crippen LogP contribution < -0.4 is 9.47 Å². The average molecular weight is 431 g/mol. The molecule has 1 unspecified atom stereocenters. The van der Waals surface area contributed by atoms with Crippen molar-refractivity contribution in [3.8, 4) is 28.3 Å². The molecule has 4 aromatic rings. The summed E-state index contributed by atoms with van der Waals surface area (Å²) in [6, 6.07) is 10.1. The summed E-state index contributed by atoms with van der Waals surface area (Å²) in [7, 11) is 3.14. The van der Waals surface area contributed by atoms with Gasteiger partial charge in [-0.3, -0.25) is 14.5 Å². The van der Waals surface area contributed by atoms with Crippen LogP contribution in [0.4, 0.5) is 0 Å². The molecule has 2 aromatic carbocycles. The molecular weight excluding hydrogens is 406 g/mol. The Balaban J connectivity index is 1.59. The molecule has 0 spiro atoms. The summed E-state index contributed by atoms with van der Waals surface area (Å²) in [6.07, 6.45) is 4.66. The van der Waals surface area contributed by atoms with E-state index >= 15 is 0 Å². The van der Waals surface area contributed by atoms with Crippen molar-refractivity contribution >= 4 is 16.9 Å². The molecule has 32 heavy (non-hydrogen) atoms. The molecule has 0 bridgehead atoms. The van der Waals surface area contributed by atoms with Gasteiger partial charge in [-0.25, -0.2) is 4.98 Å². The number of imidazole rings is 1. The van der Waals surface area contributed by atoms with Crippen molar-refractivity contribution in [2.75, 3.05) is 20.8 Å². The minimum Gasteiger partial charge on any atom is -0.496 e. The van der Waals surface area contributed by atoms with Crippen molar-refractivity contribution in [3.05, 3.63) is 54.1 Å². The molecular formula is C24H25N5O3. The third-order valence-electron chi connectivity index (χ3n) is 6.25. The van der Waals surface area contributed by atoms with E-state index in [1.165, 1.54) is 0 Å². The Morgan fingerprint density at radius 3 is 2.47 bits per heavy atom. The summed E-state index contributed by atoms with van der Waals surface area (Å²) in [5, 5.41) is 7.10. The second kappa shape index (κ2) is 7.71. The predicted molar refractivity (Wildman–Crippen MR) is 122 cm³/mol. The van der Waals surface area contributed by atoms with Gasteiger partial charge in [-0.15, -0.1) is 0 Å². The zero-order valence-electron chi connectivity index (χ0n) is 18.5. The van der Waals surface area contributed by atoms with E-state index in [1.807, 2.05) is 53.8 Å². The lowest BCUT2D eigenvalue weighted by Gasteiger charge is -2.39. The van der Waals surface area contributed by atoms with E-state index in [-0.39, 0.29) is 11.9 Å². The number of aromatic amines is 1. The average Bonchev–Trinajstić information content (AvgIpc) is 3.42.